The Labute approximate surface area is 162 Å². The SMILES string of the molecule is NC(=O)C1=CS[C@H](c2c(F)cccc2F)N1c1cnsc1OC1CCNC1. The van der Waals surface area contributed by atoms with E-state index in [1.807, 2.05) is 0 Å². The number of nitrogens with two attached hydrogens (primary N) is 1. The first-order chi connectivity index (χ1) is 13.1. The molecular weight excluding hydrogens is 394 g/mol. The van der Waals surface area contributed by atoms with E-state index in [9.17, 15) is 13.6 Å². The van der Waals surface area contributed by atoms with Gasteiger partial charge in [-0.1, -0.05) is 6.07 Å². The standard InChI is InChI=1S/C17H16F2N4O2S2/c18-10-2-1-3-11(19)14(10)16-23(13(8-26-16)15(20)24)12-7-22-27-17(12)25-9-4-5-21-6-9/h1-3,7-9,16,21H,4-6H2,(H2,20,24)/t9?,16-/m1/s1. The zero-order valence-electron chi connectivity index (χ0n) is 14.0. The fourth-order valence-corrected chi connectivity index (χ4v) is 4.97. The van der Waals surface area contributed by atoms with Crippen LogP contribution in [0.2, 0.25) is 0 Å². The van der Waals surface area contributed by atoms with Gasteiger partial charge in [-0.15, -0.1) is 11.8 Å². The van der Waals surface area contributed by atoms with Crippen LogP contribution in [-0.2, 0) is 4.79 Å². The van der Waals surface area contributed by atoms with Crippen LogP contribution in [0.3, 0.4) is 0 Å². The summed E-state index contributed by atoms with van der Waals surface area (Å²) in [6, 6.07) is 3.67. The summed E-state index contributed by atoms with van der Waals surface area (Å²) in [4.78, 5) is 13.4. The summed E-state index contributed by atoms with van der Waals surface area (Å²) in [6.07, 6.45) is 2.34. The zero-order chi connectivity index (χ0) is 19.0. The summed E-state index contributed by atoms with van der Waals surface area (Å²) in [5, 5.41) is 4.38. The third-order valence-electron chi connectivity index (χ3n) is 4.37. The highest BCUT2D eigenvalue weighted by Crippen LogP contribution is 2.50. The van der Waals surface area contributed by atoms with Crippen LogP contribution in [0.15, 0.2) is 35.5 Å². The summed E-state index contributed by atoms with van der Waals surface area (Å²) < 4.78 is 39.0. The molecule has 0 bridgehead atoms. The predicted octanol–water partition coefficient (Wildman–Crippen LogP) is 2.74. The van der Waals surface area contributed by atoms with E-state index >= 15 is 0 Å². The number of hydrogen-bond acceptors (Lipinski definition) is 7. The van der Waals surface area contributed by atoms with Crippen molar-refractivity contribution in [2.75, 3.05) is 18.0 Å². The molecular formula is C17H16F2N4O2S2. The number of hydrogen-bond donors (Lipinski definition) is 2. The molecule has 1 unspecified atom stereocenters. The van der Waals surface area contributed by atoms with Gasteiger partial charge >= 0.3 is 0 Å². The molecule has 0 saturated carbocycles. The van der Waals surface area contributed by atoms with Crippen molar-refractivity contribution in [3.63, 3.8) is 0 Å². The summed E-state index contributed by atoms with van der Waals surface area (Å²) >= 11 is 2.23. The Balaban J connectivity index is 1.74. The topological polar surface area (TPSA) is 80.5 Å². The number of aromatic nitrogens is 1. The van der Waals surface area contributed by atoms with Gasteiger partial charge in [0, 0.05) is 23.5 Å². The molecule has 4 rings (SSSR count). The molecule has 27 heavy (non-hydrogen) atoms. The second-order valence-electron chi connectivity index (χ2n) is 6.09. The van der Waals surface area contributed by atoms with Gasteiger partial charge in [0.15, 0.2) is 0 Å². The van der Waals surface area contributed by atoms with Gasteiger partial charge in [-0.25, -0.2) is 8.78 Å². The second kappa shape index (κ2) is 7.45. The highest BCUT2D eigenvalue weighted by atomic mass is 32.2. The average Bonchev–Trinajstić information content (AvgIpc) is 3.35. The Kier molecular flexibility index (Phi) is 5.02. The molecule has 2 aliphatic rings. The normalized spacial score (nSPS) is 22.1. The van der Waals surface area contributed by atoms with Crippen molar-refractivity contribution >= 4 is 34.9 Å². The fraction of sp³-hybridized carbons (Fsp3) is 0.294. The van der Waals surface area contributed by atoms with Gasteiger partial charge in [0.1, 0.15) is 34.5 Å². The van der Waals surface area contributed by atoms with Crippen LogP contribution < -0.4 is 20.7 Å². The average molecular weight is 410 g/mol. The van der Waals surface area contributed by atoms with Crippen molar-refractivity contribution in [2.24, 2.45) is 5.73 Å². The molecule has 142 valence electrons. The van der Waals surface area contributed by atoms with Crippen molar-refractivity contribution < 1.29 is 18.3 Å². The minimum absolute atomic E-state index is 0.0240. The number of thioether (sulfide) groups is 1. The maximum absolute atomic E-state index is 14.4. The zero-order valence-corrected chi connectivity index (χ0v) is 15.7. The van der Waals surface area contributed by atoms with Crippen LogP contribution in [0.1, 0.15) is 17.4 Å². The molecule has 1 aromatic carbocycles. The second-order valence-corrected chi connectivity index (χ2v) is 7.81. The lowest BCUT2D eigenvalue weighted by atomic mass is 10.1. The number of amides is 1. The van der Waals surface area contributed by atoms with E-state index in [0.717, 1.165) is 36.3 Å². The molecule has 0 aliphatic carbocycles. The third kappa shape index (κ3) is 3.40. The molecule has 2 aliphatic heterocycles. The minimum Gasteiger partial charge on any atom is -0.477 e. The van der Waals surface area contributed by atoms with Crippen LogP contribution in [-0.4, -0.2) is 29.5 Å². The maximum Gasteiger partial charge on any atom is 0.265 e. The highest BCUT2D eigenvalue weighted by Gasteiger charge is 2.38. The molecule has 3 N–H and O–H groups in total. The molecule has 1 fully saturated rings. The Bertz CT molecular complexity index is 879. The predicted molar refractivity (Wildman–Crippen MR) is 100 cm³/mol. The Hall–Kier alpha value is -2.17. The number of carbonyl (C=O) groups is 1. The first kappa shape index (κ1) is 18.2. The van der Waals surface area contributed by atoms with Crippen molar-refractivity contribution in [1.29, 1.82) is 0 Å². The van der Waals surface area contributed by atoms with Crippen molar-refractivity contribution in [3.8, 4) is 5.06 Å². The van der Waals surface area contributed by atoms with Crippen LogP contribution >= 0.6 is 23.3 Å². The van der Waals surface area contributed by atoms with E-state index in [1.54, 1.807) is 0 Å². The number of benzene rings is 1. The van der Waals surface area contributed by atoms with Gasteiger partial charge in [0.2, 0.25) is 5.06 Å². The van der Waals surface area contributed by atoms with Crippen LogP contribution in [0.4, 0.5) is 14.5 Å². The van der Waals surface area contributed by atoms with Crippen LogP contribution in [0.25, 0.3) is 0 Å². The number of anilines is 1. The van der Waals surface area contributed by atoms with Crippen molar-refractivity contribution in [3.05, 3.63) is 52.7 Å². The van der Waals surface area contributed by atoms with E-state index in [2.05, 4.69) is 9.69 Å². The summed E-state index contributed by atoms with van der Waals surface area (Å²) in [7, 11) is 0. The van der Waals surface area contributed by atoms with Gasteiger partial charge in [0.25, 0.3) is 5.91 Å². The number of carbonyl (C=O) groups excluding carboxylic acids is 1. The van der Waals surface area contributed by atoms with Gasteiger partial charge < -0.3 is 20.7 Å². The molecule has 0 spiro atoms. The number of primary amides is 1. The fourth-order valence-electron chi connectivity index (χ4n) is 3.10. The molecule has 6 nitrogen and oxygen atoms in total. The van der Waals surface area contributed by atoms with Gasteiger partial charge in [-0.2, -0.15) is 4.37 Å². The summed E-state index contributed by atoms with van der Waals surface area (Å²) in [5.41, 5.74) is 5.97. The van der Waals surface area contributed by atoms with Crippen molar-refractivity contribution in [1.82, 2.24) is 9.69 Å². The van der Waals surface area contributed by atoms with E-state index in [-0.39, 0.29) is 17.4 Å². The Morgan fingerprint density at radius 3 is 2.81 bits per heavy atom. The largest absolute Gasteiger partial charge is 0.477 e. The van der Waals surface area contributed by atoms with Crippen molar-refractivity contribution in [2.45, 2.75) is 17.9 Å². The molecule has 2 aromatic rings. The number of halogens is 2. The lowest BCUT2D eigenvalue weighted by molar-refractivity contribution is -0.114. The quantitative estimate of drug-likeness (QED) is 0.789. The number of rotatable bonds is 5. The highest BCUT2D eigenvalue weighted by molar-refractivity contribution is 8.02. The van der Waals surface area contributed by atoms with Gasteiger partial charge in [-0.05, 0) is 25.1 Å². The number of ether oxygens (including phenoxy) is 1. The monoisotopic (exact) mass is 410 g/mol. The molecule has 10 heteroatoms. The van der Waals surface area contributed by atoms with Gasteiger partial charge in [-0.3, -0.25) is 4.79 Å². The first-order valence-electron chi connectivity index (χ1n) is 8.27. The first-order valence-corrected chi connectivity index (χ1v) is 9.98. The molecule has 0 radical (unpaired) electrons. The third-order valence-corrected chi connectivity index (χ3v) is 6.12. The molecule has 1 aromatic heterocycles. The smallest absolute Gasteiger partial charge is 0.265 e. The van der Waals surface area contributed by atoms with E-state index in [4.69, 9.17) is 10.5 Å². The minimum atomic E-state index is -0.825. The Morgan fingerprint density at radius 1 is 1.37 bits per heavy atom. The van der Waals surface area contributed by atoms with E-state index in [1.165, 1.54) is 34.7 Å². The number of nitrogens with one attached hydrogen (secondary N) is 1. The molecule has 1 amide bonds. The Morgan fingerprint density at radius 2 is 2.15 bits per heavy atom. The lowest BCUT2D eigenvalue weighted by Gasteiger charge is -2.28. The molecule has 3 heterocycles. The summed E-state index contributed by atoms with van der Waals surface area (Å²) in [5.74, 6) is -2.08. The lowest BCUT2D eigenvalue weighted by Crippen LogP contribution is -2.31. The molecule has 1 saturated heterocycles. The van der Waals surface area contributed by atoms with Crippen LogP contribution in [0.5, 0.6) is 5.06 Å². The molecule has 2 atom stereocenters. The van der Waals surface area contributed by atoms with Gasteiger partial charge in [0.05, 0.1) is 11.8 Å². The van der Waals surface area contributed by atoms with Crippen LogP contribution in [0, 0.1) is 11.6 Å². The van der Waals surface area contributed by atoms with E-state index in [0.29, 0.717) is 17.3 Å². The maximum atomic E-state index is 14.4. The summed E-state index contributed by atoms with van der Waals surface area (Å²) in [6.45, 7) is 1.56. The van der Waals surface area contributed by atoms with E-state index < -0.39 is 22.9 Å². The number of nitrogens with zero attached hydrogens (tertiary/aromatic N) is 2.